The third-order valence-electron chi connectivity index (χ3n) is 11.6. The van der Waals surface area contributed by atoms with Gasteiger partial charge in [-0.05, 0) is 38.5 Å². The number of hydrogen-bond donors (Lipinski definition) is 6. The number of thioether (sulfide) groups is 1. The minimum absolute atomic E-state index is 0.00197. The Hall–Kier alpha value is -2.82. The minimum atomic E-state index is -4.86. The summed E-state index contributed by atoms with van der Waals surface area (Å²) in [5, 5.41) is 28.4. The van der Waals surface area contributed by atoms with Crippen molar-refractivity contribution in [2.24, 2.45) is 11.5 Å². The van der Waals surface area contributed by atoms with Crippen molar-refractivity contribution in [3.63, 3.8) is 0 Å². The van der Waals surface area contributed by atoms with Crippen LogP contribution in [0.3, 0.4) is 0 Å². The van der Waals surface area contributed by atoms with Gasteiger partial charge in [-0.15, -0.1) is 11.8 Å². The number of phosphoric ester groups is 1. The molecule has 8 N–H and O–H groups in total. The number of rotatable bonds is 50. The molecule has 70 heavy (non-hydrogen) atoms. The normalized spacial score (nSPS) is 15.1. The number of carboxylic acid groups (broad SMARTS) is 2. The van der Waals surface area contributed by atoms with E-state index in [4.69, 9.17) is 35.7 Å². The summed E-state index contributed by atoms with van der Waals surface area (Å²) in [6.45, 7) is 2.30. The van der Waals surface area contributed by atoms with Gasteiger partial charge in [0.1, 0.15) is 18.7 Å². The zero-order chi connectivity index (χ0) is 51.9. The second-order valence-corrected chi connectivity index (χ2v) is 20.9. The first-order valence-electron chi connectivity index (χ1n) is 26.6. The van der Waals surface area contributed by atoms with Crippen molar-refractivity contribution in [1.29, 1.82) is 0 Å². The van der Waals surface area contributed by atoms with Crippen LogP contribution >= 0.6 is 19.6 Å². The number of unbranched alkanes of at least 4 members (excludes halogenated alkanes) is 23. The lowest BCUT2D eigenvalue weighted by atomic mass is 10.0. The van der Waals surface area contributed by atoms with Crippen LogP contribution in [0, 0.1) is 0 Å². The van der Waals surface area contributed by atoms with Gasteiger partial charge in [-0.25, -0.2) is 4.57 Å². The number of phosphoric acid groups is 1. The molecule has 406 valence electrons. The van der Waals surface area contributed by atoms with Crippen LogP contribution in [0.1, 0.15) is 206 Å². The Morgan fingerprint density at radius 3 is 1.66 bits per heavy atom. The van der Waals surface area contributed by atoms with E-state index >= 15 is 0 Å². The Morgan fingerprint density at radius 2 is 1.11 bits per heavy atom. The van der Waals surface area contributed by atoms with Gasteiger partial charge < -0.3 is 41.2 Å². The summed E-state index contributed by atoms with van der Waals surface area (Å²) < 4.78 is 33.0. The van der Waals surface area contributed by atoms with Crippen molar-refractivity contribution in [1.82, 2.24) is 0 Å². The second kappa shape index (κ2) is 47.2. The van der Waals surface area contributed by atoms with Gasteiger partial charge in [-0.2, -0.15) is 0 Å². The fraction of sp³-hybridized carbons (Fsp3) is 0.774. The number of aliphatic carboxylic acids is 2. The number of carboxylic acids is 2. The zero-order valence-corrected chi connectivity index (χ0v) is 44.7. The molecule has 0 bridgehead atoms. The van der Waals surface area contributed by atoms with Gasteiger partial charge in [0.05, 0.1) is 19.3 Å². The highest BCUT2D eigenvalue weighted by atomic mass is 32.2. The molecule has 0 rings (SSSR count). The van der Waals surface area contributed by atoms with Crippen molar-refractivity contribution in [3.05, 3.63) is 48.6 Å². The summed E-state index contributed by atoms with van der Waals surface area (Å²) in [5.41, 5.74) is 11.5. The van der Waals surface area contributed by atoms with E-state index in [2.05, 4.69) is 30.5 Å². The van der Waals surface area contributed by atoms with E-state index in [0.29, 0.717) is 6.42 Å². The molecule has 0 fully saturated rings. The molecule has 0 heterocycles. The lowest BCUT2D eigenvalue weighted by Gasteiger charge is -2.22. The summed E-state index contributed by atoms with van der Waals surface area (Å²) in [6.07, 6.45) is 45.0. The van der Waals surface area contributed by atoms with Gasteiger partial charge in [-0.3, -0.25) is 28.2 Å². The van der Waals surface area contributed by atoms with Crippen LogP contribution in [-0.4, -0.2) is 99.2 Å². The van der Waals surface area contributed by atoms with Crippen LogP contribution < -0.4 is 11.5 Å². The number of carbonyl (C=O) groups excluding carboxylic acids is 2. The van der Waals surface area contributed by atoms with Crippen LogP contribution in [0.5, 0.6) is 0 Å². The maximum atomic E-state index is 13.0. The molecule has 0 aromatic carbocycles. The number of hydrogen-bond acceptors (Lipinski definition) is 13. The van der Waals surface area contributed by atoms with Gasteiger partial charge in [0.25, 0.3) is 0 Å². The fourth-order valence-electron chi connectivity index (χ4n) is 7.27. The second-order valence-electron chi connectivity index (χ2n) is 18.2. The number of aliphatic hydroxyl groups is 1. The molecule has 15 nitrogen and oxygen atoms in total. The van der Waals surface area contributed by atoms with E-state index in [1.54, 1.807) is 18.2 Å². The highest BCUT2D eigenvalue weighted by Crippen LogP contribution is 2.43. The molecule has 0 saturated heterocycles. The van der Waals surface area contributed by atoms with E-state index in [1.165, 1.54) is 134 Å². The lowest BCUT2D eigenvalue weighted by molar-refractivity contribution is -0.161. The highest BCUT2D eigenvalue weighted by molar-refractivity contribution is 8.00. The number of carbonyl (C=O) groups is 4. The minimum Gasteiger partial charge on any atom is -0.481 e. The standard InChI is InChI=1S/C53H95N2O13PS/c1-3-5-7-9-11-13-15-17-18-19-20-21-22-23-24-25-27-29-31-33-35-40-51(59)68-45(42-66-69(63,64)67-43-46(54)52(60)61)41-65-53(62)47(55)44-70-49(48(56)37-36-39-50(57)58)38-34-32-30-28-26-16-14-12-10-8-6-4-2/h12,14,26,28,30,32,34,38,45-49,56H,3-11,13,15-25,27,29,31,33,35-37,39-44,54-55H2,1-2H3,(H,57,58)(H,60,61)(H,63,64)/b14-12-,28-26-,32-30+,38-34+/t45-,46+,47+,48+,49-/m1/s1. The molecule has 17 heteroatoms. The molecule has 0 aromatic rings. The maximum absolute atomic E-state index is 13.0. The number of nitrogens with two attached hydrogens (primary N) is 2. The Morgan fingerprint density at radius 1 is 0.600 bits per heavy atom. The summed E-state index contributed by atoms with van der Waals surface area (Å²) >= 11 is 1.18. The predicted octanol–water partition coefficient (Wildman–Crippen LogP) is 11.8. The van der Waals surface area contributed by atoms with Crippen molar-refractivity contribution in [3.8, 4) is 0 Å². The van der Waals surface area contributed by atoms with Crippen molar-refractivity contribution < 1.29 is 62.5 Å². The zero-order valence-electron chi connectivity index (χ0n) is 43.0. The van der Waals surface area contributed by atoms with Crippen molar-refractivity contribution in [2.45, 2.75) is 236 Å². The Bertz CT molecular complexity index is 1500. The fourth-order valence-corrected chi connectivity index (χ4v) is 9.18. The Labute approximate surface area is 426 Å². The molecule has 0 aliphatic heterocycles. The molecule has 0 saturated carbocycles. The average molecular weight is 1030 g/mol. The van der Waals surface area contributed by atoms with Crippen LogP contribution in [0.15, 0.2) is 48.6 Å². The average Bonchev–Trinajstić information content (AvgIpc) is 3.32. The van der Waals surface area contributed by atoms with Crippen molar-refractivity contribution >= 4 is 43.5 Å². The van der Waals surface area contributed by atoms with E-state index in [9.17, 15) is 33.7 Å². The van der Waals surface area contributed by atoms with Gasteiger partial charge in [0.2, 0.25) is 0 Å². The van der Waals surface area contributed by atoms with Gasteiger partial charge in [0.15, 0.2) is 6.10 Å². The third kappa shape index (κ3) is 43.9. The Kier molecular flexibility index (Phi) is 45.3. The maximum Gasteiger partial charge on any atom is 0.472 e. The van der Waals surface area contributed by atoms with Crippen LogP contribution in [0.4, 0.5) is 0 Å². The monoisotopic (exact) mass is 1030 g/mol. The van der Waals surface area contributed by atoms with Crippen LogP contribution in [-0.2, 0) is 42.3 Å². The predicted molar refractivity (Wildman–Crippen MR) is 282 cm³/mol. The summed E-state index contributed by atoms with van der Waals surface area (Å²) in [4.78, 5) is 58.1. The van der Waals surface area contributed by atoms with E-state index < -0.39 is 81.1 Å². The van der Waals surface area contributed by atoms with Crippen LogP contribution in [0.25, 0.3) is 0 Å². The number of aliphatic hydroxyl groups excluding tert-OH is 1. The largest absolute Gasteiger partial charge is 0.481 e. The first-order valence-corrected chi connectivity index (χ1v) is 29.1. The molecule has 0 aliphatic carbocycles. The van der Waals surface area contributed by atoms with E-state index in [1.807, 2.05) is 18.2 Å². The lowest BCUT2D eigenvalue weighted by Crippen LogP contribution is -2.38. The van der Waals surface area contributed by atoms with Crippen LogP contribution in [0.2, 0.25) is 0 Å². The quantitative estimate of drug-likeness (QED) is 0.0109. The molecule has 0 aromatic heterocycles. The van der Waals surface area contributed by atoms with Crippen molar-refractivity contribution in [2.75, 3.05) is 25.6 Å². The third-order valence-corrected chi connectivity index (χ3v) is 13.9. The Balaban J connectivity index is 4.98. The summed E-state index contributed by atoms with van der Waals surface area (Å²) in [5.74, 6) is -3.93. The molecule has 6 atom stereocenters. The number of esters is 2. The molecule has 0 amide bonds. The molecular formula is C53H95N2O13PS. The molecule has 1 unspecified atom stereocenters. The van der Waals surface area contributed by atoms with E-state index in [0.717, 1.165) is 38.5 Å². The van der Waals surface area contributed by atoms with Gasteiger partial charge in [-0.1, -0.05) is 204 Å². The number of allylic oxidation sites excluding steroid dienone is 7. The molecule has 0 spiro atoms. The summed E-state index contributed by atoms with van der Waals surface area (Å²) in [6, 6.07) is -2.79. The SMILES string of the molecule is CCCCC/C=C\C\C=C/C=C/C=C/[C@@H](SC[C@H](N)C(=O)OC[C@H](COP(=O)(O)OC[C@H](N)C(=O)O)OC(=O)CCCCCCCCCCCCCCCCCCCCCCC)[C@@H](O)CCCC(=O)O. The highest BCUT2D eigenvalue weighted by Gasteiger charge is 2.29. The molecular weight excluding hydrogens is 936 g/mol. The van der Waals surface area contributed by atoms with Gasteiger partial charge in [0, 0.05) is 23.8 Å². The van der Waals surface area contributed by atoms with Gasteiger partial charge >= 0.3 is 31.7 Å². The number of ether oxygens (including phenoxy) is 2. The van der Waals surface area contributed by atoms with E-state index in [-0.39, 0.29) is 31.4 Å². The molecule has 0 aliphatic rings. The molecule has 0 radical (unpaired) electrons. The first-order chi connectivity index (χ1) is 33.7. The topological polar surface area (TPSA) is 255 Å². The first kappa shape index (κ1) is 67.2. The summed E-state index contributed by atoms with van der Waals surface area (Å²) in [7, 11) is -4.86. The smallest absolute Gasteiger partial charge is 0.472 e.